The zero-order valence-corrected chi connectivity index (χ0v) is 14.8. The molecule has 3 rings (SSSR count). The van der Waals surface area contributed by atoms with Gasteiger partial charge in [-0.2, -0.15) is 0 Å². The molecule has 2 aromatic rings. The SMILES string of the molecule is Cc1cccc(CNC(=O)C2(C(=O)N(C)Cc3ccccc3)CC2)c1. The predicted octanol–water partition coefficient (Wildman–Crippen LogP) is 3.05. The normalized spacial score (nSPS) is 14.6. The van der Waals surface area contributed by atoms with E-state index in [0.29, 0.717) is 25.9 Å². The zero-order chi connectivity index (χ0) is 17.9. The molecule has 0 aromatic heterocycles. The molecule has 0 unspecified atom stereocenters. The molecule has 130 valence electrons. The van der Waals surface area contributed by atoms with Crippen LogP contribution < -0.4 is 5.32 Å². The third-order valence-corrected chi connectivity index (χ3v) is 4.74. The van der Waals surface area contributed by atoms with Crippen molar-refractivity contribution in [3.05, 3.63) is 71.3 Å². The number of hydrogen-bond acceptors (Lipinski definition) is 2. The molecular weight excluding hydrogens is 312 g/mol. The van der Waals surface area contributed by atoms with E-state index in [-0.39, 0.29) is 11.8 Å². The van der Waals surface area contributed by atoms with Gasteiger partial charge in [0, 0.05) is 20.1 Å². The Labute approximate surface area is 148 Å². The highest BCUT2D eigenvalue weighted by atomic mass is 16.2. The van der Waals surface area contributed by atoms with E-state index in [0.717, 1.165) is 16.7 Å². The first-order valence-electron chi connectivity index (χ1n) is 8.65. The van der Waals surface area contributed by atoms with Crippen molar-refractivity contribution in [3.8, 4) is 0 Å². The van der Waals surface area contributed by atoms with Crippen LogP contribution in [0.15, 0.2) is 54.6 Å². The highest BCUT2D eigenvalue weighted by Crippen LogP contribution is 2.47. The largest absolute Gasteiger partial charge is 0.351 e. The number of carbonyl (C=O) groups is 2. The average molecular weight is 336 g/mol. The van der Waals surface area contributed by atoms with E-state index in [1.807, 2.05) is 61.5 Å². The fourth-order valence-corrected chi connectivity index (χ4v) is 3.13. The number of aryl methyl sites for hydroxylation is 1. The van der Waals surface area contributed by atoms with Crippen molar-refractivity contribution < 1.29 is 9.59 Å². The van der Waals surface area contributed by atoms with Gasteiger partial charge in [0.1, 0.15) is 5.41 Å². The van der Waals surface area contributed by atoms with E-state index in [1.165, 1.54) is 0 Å². The Hall–Kier alpha value is -2.62. The summed E-state index contributed by atoms with van der Waals surface area (Å²) in [6, 6.07) is 17.9. The number of nitrogens with zero attached hydrogens (tertiary/aromatic N) is 1. The van der Waals surface area contributed by atoms with Gasteiger partial charge in [-0.1, -0.05) is 60.2 Å². The van der Waals surface area contributed by atoms with E-state index in [1.54, 1.807) is 11.9 Å². The molecule has 0 bridgehead atoms. The van der Waals surface area contributed by atoms with Crippen molar-refractivity contribution in [1.29, 1.82) is 0 Å². The van der Waals surface area contributed by atoms with Crippen LogP contribution in [0.25, 0.3) is 0 Å². The average Bonchev–Trinajstić information content (AvgIpc) is 3.42. The molecule has 0 heterocycles. The van der Waals surface area contributed by atoms with Crippen molar-refractivity contribution in [1.82, 2.24) is 10.2 Å². The van der Waals surface area contributed by atoms with Gasteiger partial charge >= 0.3 is 0 Å². The molecule has 4 nitrogen and oxygen atoms in total. The van der Waals surface area contributed by atoms with Crippen LogP contribution in [-0.2, 0) is 22.7 Å². The highest BCUT2D eigenvalue weighted by molar-refractivity contribution is 6.07. The van der Waals surface area contributed by atoms with E-state index >= 15 is 0 Å². The second-order valence-electron chi connectivity index (χ2n) is 6.90. The van der Waals surface area contributed by atoms with E-state index in [2.05, 4.69) is 5.32 Å². The predicted molar refractivity (Wildman–Crippen MR) is 97.6 cm³/mol. The molecule has 1 aliphatic carbocycles. The third kappa shape index (κ3) is 3.90. The number of amides is 2. The van der Waals surface area contributed by atoms with Gasteiger partial charge in [0.05, 0.1) is 0 Å². The molecular formula is C21H24N2O2. The lowest BCUT2D eigenvalue weighted by Gasteiger charge is -2.23. The third-order valence-electron chi connectivity index (χ3n) is 4.74. The van der Waals surface area contributed by atoms with Crippen molar-refractivity contribution in [2.24, 2.45) is 5.41 Å². The summed E-state index contributed by atoms with van der Waals surface area (Å²) >= 11 is 0. The van der Waals surface area contributed by atoms with Crippen LogP contribution in [0.2, 0.25) is 0 Å². The van der Waals surface area contributed by atoms with Gasteiger partial charge in [0.15, 0.2) is 0 Å². The van der Waals surface area contributed by atoms with Crippen LogP contribution in [0.4, 0.5) is 0 Å². The standard InChI is InChI=1S/C21H24N2O2/c1-16-7-6-10-18(13-16)14-22-19(24)21(11-12-21)20(25)23(2)15-17-8-4-3-5-9-17/h3-10,13H,11-12,14-15H2,1-2H3,(H,22,24). The maximum absolute atomic E-state index is 12.8. The number of benzene rings is 2. The smallest absolute Gasteiger partial charge is 0.238 e. The van der Waals surface area contributed by atoms with Crippen LogP contribution in [0.5, 0.6) is 0 Å². The summed E-state index contributed by atoms with van der Waals surface area (Å²) in [5.74, 6) is -0.239. The topological polar surface area (TPSA) is 49.4 Å². The summed E-state index contributed by atoms with van der Waals surface area (Å²) in [5.41, 5.74) is 2.41. The first-order valence-corrected chi connectivity index (χ1v) is 8.65. The summed E-state index contributed by atoms with van der Waals surface area (Å²) in [6.07, 6.45) is 1.26. The van der Waals surface area contributed by atoms with Crippen LogP contribution in [-0.4, -0.2) is 23.8 Å². The molecule has 1 fully saturated rings. The minimum absolute atomic E-state index is 0.0851. The number of hydrogen-bond donors (Lipinski definition) is 1. The summed E-state index contributed by atoms with van der Waals surface area (Å²) < 4.78 is 0. The number of carbonyl (C=O) groups excluding carboxylic acids is 2. The maximum atomic E-state index is 12.8. The summed E-state index contributed by atoms with van der Waals surface area (Å²) in [5, 5.41) is 2.94. The first kappa shape index (κ1) is 17.2. The lowest BCUT2D eigenvalue weighted by Crippen LogP contribution is -2.43. The van der Waals surface area contributed by atoms with Crippen molar-refractivity contribution in [2.75, 3.05) is 7.05 Å². The van der Waals surface area contributed by atoms with Crippen molar-refractivity contribution >= 4 is 11.8 Å². The van der Waals surface area contributed by atoms with Gasteiger partial charge in [-0.15, -0.1) is 0 Å². The quantitative estimate of drug-likeness (QED) is 0.824. The zero-order valence-electron chi connectivity index (χ0n) is 14.8. The van der Waals surface area contributed by atoms with Gasteiger partial charge in [0.25, 0.3) is 0 Å². The Bertz CT molecular complexity index is 766. The minimum Gasteiger partial charge on any atom is -0.351 e. The molecule has 2 amide bonds. The van der Waals surface area contributed by atoms with Crippen molar-refractivity contribution in [2.45, 2.75) is 32.9 Å². The molecule has 1 saturated carbocycles. The van der Waals surface area contributed by atoms with Crippen LogP contribution in [0.3, 0.4) is 0 Å². The molecule has 2 aromatic carbocycles. The highest BCUT2D eigenvalue weighted by Gasteiger charge is 2.57. The van der Waals surface area contributed by atoms with E-state index < -0.39 is 5.41 Å². The second-order valence-corrected chi connectivity index (χ2v) is 6.90. The molecule has 0 saturated heterocycles. The van der Waals surface area contributed by atoms with Gasteiger partial charge in [-0.3, -0.25) is 9.59 Å². The van der Waals surface area contributed by atoms with E-state index in [4.69, 9.17) is 0 Å². The number of nitrogens with one attached hydrogen (secondary N) is 1. The minimum atomic E-state index is -0.868. The summed E-state index contributed by atoms with van der Waals surface area (Å²) in [7, 11) is 1.77. The number of rotatable bonds is 6. The molecule has 25 heavy (non-hydrogen) atoms. The molecule has 0 radical (unpaired) electrons. The molecule has 0 spiro atoms. The van der Waals surface area contributed by atoms with Crippen molar-refractivity contribution in [3.63, 3.8) is 0 Å². The monoisotopic (exact) mass is 336 g/mol. The van der Waals surface area contributed by atoms with Gasteiger partial charge in [0.2, 0.25) is 11.8 Å². The van der Waals surface area contributed by atoms with Crippen LogP contribution >= 0.6 is 0 Å². The Morgan fingerprint density at radius 3 is 2.36 bits per heavy atom. The Kier molecular flexibility index (Phi) is 4.88. The lowest BCUT2D eigenvalue weighted by molar-refractivity contribution is -0.143. The van der Waals surface area contributed by atoms with Gasteiger partial charge in [-0.05, 0) is 30.9 Å². The fourth-order valence-electron chi connectivity index (χ4n) is 3.13. The van der Waals surface area contributed by atoms with Crippen LogP contribution in [0, 0.1) is 12.3 Å². The Morgan fingerprint density at radius 1 is 1.04 bits per heavy atom. The Morgan fingerprint density at radius 2 is 1.72 bits per heavy atom. The van der Waals surface area contributed by atoms with Gasteiger partial charge < -0.3 is 10.2 Å². The fraction of sp³-hybridized carbons (Fsp3) is 0.333. The molecule has 0 atom stereocenters. The summed E-state index contributed by atoms with van der Waals surface area (Å²) in [4.78, 5) is 27.1. The molecule has 1 aliphatic rings. The van der Waals surface area contributed by atoms with Crippen LogP contribution in [0.1, 0.15) is 29.5 Å². The van der Waals surface area contributed by atoms with E-state index in [9.17, 15) is 9.59 Å². The second kappa shape index (κ2) is 7.09. The molecule has 0 aliphatic heterocycles. The first-order chi connectivity index (χ1) is 12.0. The lowest BCUT2D eigenvalue weighted by atomic mass is 10.0. The maximum Gasteiger partial charge on any atom is 0.238 e. The Balaban J connectivity index is 1.60. The molecule has 4 heteroatoms. The molecule has 1 N–H and O–H groups in total. The van der Waals surface area contributed by atoms with Gasteiger partial charge in [-0.25, -0.2) is 0 Å². The summed E-state index contributed by atoms with van der Waals surface area (Å²) in [6.45, 7) is 3.00.